The number of ether oxygens (including phenoxy) is 1. The number of amides is 2. The molecule has 1 aromatic heterocycles. The first-order chi connectivity index (χ1) is 13.2. The van der Waals surface area contributed by atoms with Gasteiger partial charge in [0.1, 0.15) is 18.4 Å². The Morgan fingerprint density at radius 3 is 2.33 bits per heavy atom. The second-order valence-electron chi connectivity index (χ2n) is 5.90. The number of carbonyl (C=O) groups excluding carboxylic acids is 2. The van der Waals surface area contributed by atoms with Crippen LogP contribution in [-0.4, -0.2) is 44.9 Å². The van der Waals surface area contributed by atoms with Gasteiger partial charge in [0.25, 0.3) is 11.8 Å². The van der Waals surface area contributed by atoms with Crippen LogP contribution in [0.25, 0.3) is 0 Å². The number of benzene rings is 2. The van der Waals surface area contributed by atoms with Crippen molar-refractivity contribution in [3.8, 4) is 5.75 Å². The van der Waals surface area contributed by atoms with Crippen molar-refractivity contribution in [1.82, 2.24) is 19.8 Å². The van der Waals surface area contributed by atoms with Gasteiger partial charge in [0.2, 0.25) is 0 Å². The predicted octanol–water partition coefficient (Wildman–Crippen LogP) is 1.97. The standard InChI is InChI=1S/C19H15N5O3/c1-27-17-7-6-13(9-22-23-11-20-21-12-23)8-14(17)10-24-18(25)15-4-2-3-5-16(15)19(24)26/h2-9,11-12H,10H2,1H3. The molecule has 0 unspecified atom stereocenters. The number of hydrogen-bond acceptors (Lipinski definition) is 6. The van der Waals surface area contributed by atoms with Gasteiger partial charge in [0, 0.05) is 5.56 Å². The number of aromatic nitrogens is 3. The smallest absolute Gasteiger partial charge is 0.261 e. The lowest BCUT2D eigenvalue weighted by Crippen LogP contribution is -2.29. The van der Waals surface area contributed by atoms with Crippen LogP contribution in [0.2, 0.25) is 0 Å². The van der Waals surface area contributed by atoms with E-state index in [0.717, 1.165) is 5.56 Å². The van der Waals surface area contributed by atoms with E-state index in [9.17, 15) is 9.59 Å². The van der Waals surface area contributed by atoms with Gasteiger partial charge in [-0.2, -0.15) is 5.10 Å². The van der Waals surface area contributed by atoms with Crippen LogP contribution in [-0.2, 0) is 6.54 Å². The Bertz CT molecular complexity index is 1010. The molecular weight excluding hydrogens is 346 g/mol. The summed E-state index contributed by atoms with van der Waals surface area (Å²) in [6, 6.07) is 12.3. The Labute approximate surface area is 154 Å². The molecule has 0 aliphatic carbocycles. The van der Waals surface area contributed by atoms with Gasteiger partial charge >= 0.3 is 0 Å². The molecule has 1 aliphatic heterocycles. The number of rotatable bonds is 5. The molecule has 0 spiro atoms. The molecule has 0 N–H and O–H groups in total. The third kappa shape index (κ3) is 3.08. The van der Waals surface area contributed by atoms with Gasteiger partial charge in [-0.3, -0.25) is 14.5 Å². The molecule has 134 valence electrons. The summed E-state index contributed by atoms with van der Waals surface area (Å²) in [4.78, 5) is 26.4. The highest BCUT2D eigenvalue weighted by Gasteiger charge is 2.35. The molecule has 2 amide bonds. The second kappa shape index (κ2) is 6.83. The fourth-order valence-electron chi connectivity index (χ4n) is 2.94. The monoisotopic (exact) mass is 361 g/mol. The topological polar surface area (TPSA) is 89.7 Å². The van der Waals surface area contributed by atoms with Crippen molar-refractivity contribution in [2.45, 2.75) is 6.54 Å². The molecule has 1 aliphatic rings. The molecule has 0 saturated carbocycles. The number of hydrogen-bond donors (Lipinski definition) is 0. The highest BCUT2D eigenvalue weighted by Crippen LogP contribution is 2.27. The third-order valence-electron chi connectivity index (χ3n) is 4.26. The maximum Gasteiger partial charge on any atom is 0.261 e. The number of fused-ring (bicyclic) bond motifs is 1. The minimum Gasteiger partial charge on any atom is -0.496 e. The van der Waals surface area contributed by atoms with E-state index < -0.39 is 0 Å². The number of imide groups is 1. The van der Waals surface area contributed by atoms with Gasteiger partial charge in [-0.05, 0) is 35.9 Å². The molecule has 0 radical (unpaired) electrons. The summed E-state index contributed by atoms with van der Waals surface area (Å²) in [5, 5.41) is 11.6. The molecule has 3 aromatic rings. The molecule has 0 saturated heterocycles. The molecular formula is C19H15N5O3. The lowest BCUT2D eigenvalue weighted by atomic mass is 10.1. The summed E-state index contributed by atoms with van der Waals surface area (Å²) in [5.74, 6) is -0.0181. The minimum absolute atomic E-state index is 0.115. The molecule has 4 rings (SSSR count). The van der Waals surface area contributed by atoms with Crippen molar-refractivity contribution in [2.75, 3.05) is 7.11 Å². The van der Waals surface area contributed by atoms with Crippen molar-refractivity contribution in [3.63, 3.8) is 0 Å². The van der Waals surface area contributed by atoms with E-state index in [2.05, 4.69) is 15.3 Å². The van der Waals surface area contributed by atoms with Crippen molar-refractivity contribution in [3.05, 3.63) is 77.4 Å². The Morgan fingerprint density at radius 1 is 1.04 bits per heavy atom. The van der Waals surface area contributed by atoms with Crippen LogP contribution < -0.4 is 4.74 Å². The van der Waals surface area contributed by atoms with Gasteiger partial charge in [-0.15, -0.1) is 10.2 Å². The van der Waals surface area contributed by atoms with Crippen LogP contribution in [0.1, 0.15) is 31.8 Å². The van der Waals surface area contributed by atoms with Gasteiger partial charge in [-0.1, -0.05) is 12.1 Å². The van der Waals surface area contributed by atoms with Crippen LogP contribution >= 0.6 is 0 Å². The largest absolute Gasteiger partial charge is 0.496 e. The predicted molar refractivity (Wildman–Crippen MR) is 96.7 cm³/mol. The zero-order chi connectivity index (χ0) is 18.8. The summed E-state index contributed by atoms with van der Waals surface area (Å²) in [7, 11) is 1.55. The lowest BCUT2D eigenvalue weighted by Gasteiger charge is -2.16. The van der Waals surface area contributed by atoms with Crippen LogP contribution in [0.15, 0.2) is 60.2 Å². The summed E-state index contributed by atoms with van der Waals surface area (Å²) in [5.41, 5.74) is 2.34. The van der Waals surface area contributed by atoms with Crippen LogP contribution in [0, 0.1) is 0 Å². The number of nitrogens with zero attached hydrogens (tertiary/aromatic N) is 5. The normalized spacial score (nSPS) is 13.4. The quantitative estimate of drug-likeness (QED) is 0.512. The van der Waals surface area contributed by atoms with E-state index in [1.807, 2.05) is 12.1 Å². The molecule has 8 nitrogen and oxygen atoms in total. The van der Waals surface area contributed by atoms with Crippen LogP contribution in [0.3, 0.4) is 0 Å². The van der Waals surface area contributed by atoms with Crippen molar-refractivity contribution < 1.29 is 14.3 Å². The maximum atomic E-state index is 12.6. The molecule has 8 heteroatoms. The Kier molecular flexibility index (Phi) is 4.21. The molecule has 0 atom stereocenters. The third-order valence-corrected chi connectivity index (χ3v) is 4.26. The Balaban J connectivity index is 1.62. The van der Waals surface area contributed by atoms with E-state index in [-0.39, 0.29) is 18.4 Å². The fraction of sp³-hybridized carbons (Fsp3) is 0.105. The second-order valence-corrected chi connectivity index (χ2v) is 5.90. The average molecular weight is 361 g/mol. The molecule has 0 bridgehead atoms. The Morgan fingerprint density at radius 2 is 1.70 bits per heavy atom. The van der Waals surface area contributed by atoms with Crippen LogP contribution in [0.5, 0.6) is 5.75 Å². The molecule has 0 fully saturated rings. The highest BCUT2D eigenvalue weighted by atomic mass is 16.5. The van der Waals surface area contributed by atoms with Crippen molar-refractivity contribution in [1.29, 1.82) is 0 Å². The zero-order valence-electron chi connectivity index (χ0n) is 14.4. The van der Waals surface area contributed by atoms with Gasteiger partial charge in [-0.25, -0.2) is 4.68 Å². The average Bonchev–Trinajstić information content (AvgIpc) is 3.30. The lowest BCUT2D eigenvalue weighted by molar-refractivity contribution is 0.0641. The van der Waals surface area contributed by atoms with E-state index in [0.29, 0.717) is 22.4 Å². The molecule has 2 heterocycles. The summed E-state index contributed by atoms with van der Waals surface area (Å²) in [6.45, 7) is 0.115. The van der Waals surface area contributed by atoms with Gasteiger partial charge in [0.15, 0.2) is 0 Å². The molecule has 2 aromatic carbocycles. The van der Waals surface area contributed by atoms with Gasteiger partial charge in [0.05, 0.1) is 31.0 Å². The van der Waals surface area contributed by atoms with Crippen LogP contribution in [0.4, 0.5) is 0 Å². The zero-order valence-corrected chi connectivity index (χ0v) is 14.4. The maximum absolute atomic E-state index is 12.6. The SMILES string of the molecule is COc1ccc(C=Nn2cnnc2)cc1CN1C(=O)c2ccccc2C1=O. The Hall–Kier alpha value is -3.81. The van der Waals surface area contributed by atoms with Crippen molar-refractivity contribution in [2.24, 2.45) is 5.10 Å². The van der Waals surface area contributed by atoms with E-state index in [1.165, 1.54) is 22.2 Å². The number of carbonyl (C=O) groups is 2. The van der Waals surface area contributed by atoms with E-state index in [1.54, 1.807) is 43.7 Å². The van der Waals surface area contributed by atoms with E-state index >= 15 is 0 Å². The molecule has 27 heavy (non-hydrogen) atoms. The fourth-order valence-corrected chi connectivity index (χ4v) is 2.94. The summed E-state index contributed by atoms with van der Waals surface area (Å²) >= 11 is 0. The van der Waals surface area contributed by atoms with Crippen molar-refractivity contribution >= 4 is 18.0 Å². The first-order valence-electron chi connectivity index (χ1n) is 8.18. The summed E-state index contributed by atoms with van der Waals surface area (Å²) < 4.78 is 6.86. The van der Waals surface area contributed by atoms with E-state index in [4.69, 9.17) is 4.74 Å². The minimum atomic E-state index is -0.304. The number of methoxy groups -OCH3 is 1. The summed E-state index contributed by atoms with van der Waals surface area (Å²) in [6.07, 6.45) is 4.58. The first-order valence-corrected chi connectivity index (χ1v) is 8.18. The first kappa shape index (κ1) is 16.6. The highest BCUT2D eigenvalue weighted by molar-refractivity contribution is 6.21. The van der Waals surface area contributed by atoms with Gasteiger partial charge < -0.3 is 4.74 Å².